The summed E-state index contributed by atoms with van der Waals surface area (Å²) in [6.45, 7) is 7.76. The molecule has 1 saturated heterocycles. The number of likely N-dealkylation sites (tertiary alicyclic amines) is 1. The second kappa shape index (κ2) is 6.79. The van der Waals surface area contributed by atoms with Crippen molar-refractivity contribution in [2.24, 2.45) is 10.6 Å². The van der Waals surface area contributed by atoms with Gasteiger partial charge in [0.2, 0.25) is 5.91 Å². The van der Waals surface area contributed by atoms with E-state index < -0.39 is 0 Å². The largest absolute Gasteiger partial charge is 0.390 e. The van der Waals surface area contributed by atoms with Crippen molar-refractivity contribution in [3.05, 3.63) is 21.3 Å². The Morgan fingerprint density at radius 2 is 2.05 bits per heavy atom. The molecule has 0 aliphatic carbocycles. The Morgan fingerprint density at radius 3 is 2.57 bits per heavy atom. The number of oxime groups is 1. The Kier molecular flexibility index (Phi) is 5.27. The van der Waals surface area contributed by atoms with Crippen LogP contribution in [0.4, 0.5) is 0 Å². The summed E-state index contributed by atoms with van der Waals surface area (Å²) in [6, 6.07) is 3.80. The maximum Gasteiger partial charge on any atom is 0.227 e. The molecule has 6 heteroatoms. The van der Waals surface area contributed by atoms with E-state index in [1.165, 1.54) is 11.3 Å². The number of piperidine rings is 1. The van der Waals surface area contributed by atoms with Gasteiger partial charge in [0.05, 0.1) is 10.0 Å². The number of carbonyl (C=O) groups excluding carboxylic acids is 1. The molecule has 1 amide bonds. The highest BCUT2D eigenvalue weighted by Crippen LogP contribution is 2.22. The standard InChI is InChI=1S/C15H21ClN2O2S/c1-15(2,3)14(19)18-8-6-11(7-9-18)17-20-10-12-4-5-13(16)21-12/h4-5H,6-10H2,1-3H3. The predicted molar refractivity (Wildman–Crippen MR) is 86.8 cm³/mol. The zero-order valence-electron chi connectivity index (χ0n) is 12.7. The van der Waals surface area contributed by atoms with Crippen LogP contribution in [-0.4, -0.2) is 29.6 Å². The first-order chi connectivity index (χ1) is 9.86. The van der Waals surface area contributed by atoms with Crippen molar-refractivity contribution in [3.8, 4) is 0 Å². The zero-order chi connectivity index (χ0) is 15.5. The van der Waals surface area contributed by atoms with E-state index in [0.29, 0.717) is 6.61 Å². The lowest BCUT2D eigenvalue weighted by molar-refractivity contribution is -0.139. The summed E-state index contributed by atoms with van der Waals surface area (Å²) < 4.78 is 0.759. The van der Waals surface area contributed by atoms with E-state index in [4.69, 9.17) is 16.4 Å². The van der Waals surface area contributed by atoms with E-state index in [1.54, 1.807) is 0 Å². The van der Waals surface area contributed by atoms with Gasteiger partial charge in [-0.15, -0.1) is 11.3 Å². The van der Waals surface area contributed by atoms with Crippen molar-refractivity contribution in [2.75, 3.05) is 13.1 Å². The zero-order valence-corrected chi connectivity index (χ0v) is 14.3. The van der Waals surface area contributed by atoms with Crippen LogP contribution in [0.2, 0.25) is 4.34 Å². The van der Waals surface area contributed by atoms with Crippen LogP contribution in [0, 0.1) is 5.41 Å². The molecule has 0 aromatic carbocycles. The SMILES string of the molecule is CC(C)(C)C(=O)N1CCC(=NOCc2ccc(Cl)s2)CC1. The summed E-state index contributed by atoms with van der Waals surface area (Å²) in [6.07, 6.45) is 1.57. The van der Waals surface area contributed by atoms with Crippen LogP contribution in [0.25, 0.3) is 0 Å². The first-order valence-corrected chi connectivity index (χ1v) is 8.27. The number of rotatable bonds is 3. The fourth-order valence-corrected chi connectivity index (χ4v) is 3.14. The van der Waals surface area contributed by atoms with E-state index in [9.17, 15) is 4.79 Å². The van der Waals surface area contributed by atoms with Gasteiger partial charge in [0.1, 0.15) is 0 Å². The number of hydrogen-bond acceptors (Lipinski definition) is 4. The van der Waals surface area contributed by atoms with Crippen LogP contribution < -0.4 is 0 Å². The molecule has 0 atom stereocenters. The number of halogens is 1. The molecular formula is C15H21ClN2O2S. The average Bonchev–Trinajstić information content (AvgIpc) is 2.83. The van der Waals surface area contributed by atoms with Gasteiger partial charge in [-0.3, -0.25) is 4.79 Å². The third-order valence-electron chi connectivity index (χ3n) is 3.30. The topological polar surface area (TPSA) is 41.9 Å². The molecule has 21 heavy (non-hydrogen) atoms. The molecule has 0 radical (unpaired) electrons. The summed E-state index contributed by atoms with van der Waals surface area (Å²) in [5.74, 6) is 0.204. The molecule has 0 bridgehead atoms. The highest BCUT2D eigenvalue weighted by Gasteiger charge is 2.29. The van der Waals surface area contributed by atoms with Gasteiger partial charge in [0.25, 0.3) is 0 Å². The Hall–Kier alpha value is -1.07. The molecule has 1 aliphatic rings. The molecule has 1 aliphatic heterocycles. The first-order valence-electron chi connectivity index (χ1n) is 7.07. The second-order valence-electron chi connectivity index (χ2n) is 6.18. The van der Waals surface area contributed by atoms with Gasteiger partial charge in [0.15, 0.2) is 6.61 Å². The third kappa shape index (κ3) is 4.71. The van der Waals surface area contributed by atoms with Crippen LogP contribution >= 0.6 is 22.9 Å². The maximum absolute atomic E-state index is 12.2. The normalized spacial score (nSPS) is 16.0. The summed E-state index contributed by atoms with van der Waals surface area (Å²) in [5.41, 5.74) is 0.708. The van der Waals surface area contributed by atoms with Gasteiger partial charge < -0.3 is 9.74 Å². The van der Waals surface area contributed by atoms with Gasteiger partial charge >= 0.3 is 0 Å². The van der Waals surface area contributed by atoms with E-state index in [2.05, 4.69) is 5.16 Å². The Balaban J connectivity index is 1.78. The van der Waals surface area contributed by atoms with Gasteiger partial charge in [-0.2, -0.15) is 0 Å². The minimum Gasteiger partial charge on any atom is -0.390 e. The van der Waals surface area contributed by atoms with Crippen molar-refractivity contribution in [2.45, 2.75) is 40.2 Å². The Labute approximate surface area is 134 Å². The van der Waals surface area contributed by atoms with Crippen LogP contribution in [0.3, 0.4) is 0 Å². The summed E-state index contributed by atoms with van der Waals surface area (Å²) in [7, 11) is 0. The molecular weight excluding hydrogens is 308 g/mol. The molecule has 1 aromatic heterocycles. The Morgan fingerprint density at radius 1 is 1.38 bits per heavy atom. The smallest absolute Gasteiger partial charge is 0.227 e. The van der Waals surface area contributed by atoms with Crippen molar-refractivity contribution in [1.29, 1.82) is 0 Å². The van der Waals surface area contributed by atoms with E-state index in [0.717, 1.165) is 40.9 Å². The number of thiophene rings is 1. The lowest BCUT2D eigenvalue weighted by atomic mass is 9.93. The fourth-order valence-electron chi connectivity index (χ4n) is 2.15. The van der Waals surface area contributed by atoms with E-state index in [-0.39, 0.29) is 11.3 Å². The third-order valence-corrected chi connectivity index (χ3v) is 4.50. The van der Waals surface area contributed by atoms with Crippen LogP contribution in [0.5, 0.6) is 0 Å². The molecule has 1 aromatic rings. The molecule has 2 rings (SSSR count). The van der Waals surface area contributed by atoms with Gasteiger partial charge in [-0.05, 0) is 12.1 Å². The Bertz CT molecular complexity index is 524. The number of amides is 1. The molecule has 1 fully saturated rings. The summed E-state index contributed by atoms with van der Waals surface area (Å²) in [5, 5.41) is 4.19. The number of hydrogen-bond donors (Lipinski definition) is 0. The molecule has 4 nitrogen and oxygen atoms in total. The van der Waals surface area contributed by atoms with Crippen molar-refractivity contribution in [1.82, 2.24) is 4.90 Å². The lowest BCUT2D eigenvalue weighted by Gasteiger charge is -2.32. The van der Waals surface area contributed by atoms with Crippen LogP contribution in [-0.2, 0) is 16.2 Å². The first kappa shape index (κ1) is 16.3. The monoisotopic (exact) mass is 328 g/mol. The minimum atomic E-state index is -0.316. The molecule has 0 unspecified atom stereocenters. The fraction of sp³-hybridized carbons (Fsp3) is 0.600. The average molecular weight is 329 g/mol. The second-order valence-corrected chi connectivity index (χ2v) is 7.98. The lowest BCUT2D eigenvalue weighted by Crippen LogP contribution is -2.44. The maximum atomic E-state index is 12.2. The van der Waals surface area contributed by atoms with Crippen LogP contribution in [0.15, 0.2) is 17.3 Å². The molecule has 116 valence electrons. The van der Waals surface area contributed by atoms with E-state index >= 15 is 0 Å². The number of carbonyl (C=O) groups is 1. The van der Waals surface area contributed by atoms with Gasteiger partial charge in [0, 0.05) is 36.2 Å². The van der Waals surface area contributed by atoms with Crippen molar-refractivity contribution < 1.29 is 9.63 Å². The molecule has 0 saturated carbocycles. The van der Waals surface area contributed by atoms with Gasteiger partial charge in [-0.25, -0.2) is 0 Å². The van der Waals surface area contributed by atoms with E-state index in [1.807, 2.05) is 37.8 Å². The molecule has 2 heterocycles. The quantitative estimate of drug-likeness (QED) is 0.788. The summed E-state index contributed by atoms with van der Waals surface area (Å²) in [4.78, 5) is 20.5. The molecule has 0 spiro atoms. The van der Waals surface area contributed by atoms with Gasteiger partial charge in [-0.1, -0.05) is 37.5 Å². The highest BCUT2D eigenvalue weighted by molar-refractivity contribution is 7.16. The van der Waals surface area contributed by atoms with Crippen molar-refractivity contribution in [3.63, 3.8) is 0 Å². The summed E-state index contributed by atoms with van der Waals surface area (Å²) >= 11 is 7.36. The predicted octanol–water partition coefficient (Wildman–Crippen LogP) is 3.94. The number of nitrogens with zero attached hydrogens (tertiary/aromatic N) is 2. The van der Waals surface area contributed by atoms with Crippen molar-refractivity contribution >= 4 is 34.6 Å². The van der Waals surface area contributed by atoms with Crippen LogP contribution in [0.1, 0.15) is 38.5 Å². The highest BCUT2D eigenvalue weighted by atomic mass is 35.5. The minimum absolute atomic E-state index is 0.204. The molecule has 0 N–H and O–H groups in total.